The van der Waals surface area contributed by atoms with Crippen molar-refractivity contribution in [1.82, 2.24) is 5.32 Å². The minimum Gasteiger partial charge on any atom is -0.394 e. The average Bonchev–Trinajstić information content (AvgIpc) is 2.35. The van der Waals surface area contributed by atoms with Gasteiger partial charge in [0.15, 0.2) is 0 Å². The van der Waals surface area contributed by atoms with E-state index in [9.17, 15) is 4.79 Å². The number of nitrogens with one attached hydrogen (secondary N) is 1. The van der Waals surface area contributed by atoms with Crippen LogP contribution in [0.3, 0.4) is 0 Å². The maximum absolute atomic E-state index is 11.7. The van der Waals surface area contributed by atoms with Gasteiger partial charge in [0.25, 0.3) is 0 Å². The summed E-state index contributed by atoms with van der Waals surface area (Å²) in [4.78, 5) is 12.8. The minimum absolute atomic E-state index is 0.0153. The SMILES string of the molecule is Cc1ccc(SCC(=O)N[C@H](CO)C(C)C)cc1. The molecule has 3 nitrogen and oxygen atoms in total. The van der Waals surface area contributed by atoms with Crippen molar-refractivity contribution in [2.75, 3.05) is 12.4 Å². The van der Waals surface area contributed by atoms with Crippen LogP contribution in [0, 0.1) is 12.8 Å². The highest BCUT2D eigenvalue weighted by molar-refractivity contribution is 8.00. The predicted octanol–water partition coefficient (Wildman–Crippen LogP) is 2.22. The lowest BCUT2D eigenvalue weighted by molar-refractivity contribution is -0.119. The van der Waals surface area contributed by atoms with Gasteiger partial charge < -0.3 is 10.4 Å². The molecule has 100 valence electrons. The van der Waals surface area contributed by atoms with E-state index in [1.165, 1.54) is 17.3 Å². The highest BCUT2D eigenvalue weighted by Gasteiger charge is 2.14. The van der Waals surface area contributed by atoms with Crippen molar-refractivity contribution in [3.63, 3.8) is 0 Å². The number of carbonyl (C=O) groups excluding carboxylic acids is 1. The van der Waals surface area contributed by atoms with Crippen LogP contribution in [-0.4, -0.2) is 29.4 Å². The molecule has 1 amide bonds. The molecular weight excluding hydrogens is 246 g/mol. The molecule has 0 radical (unpaired) electrons. The van der Waals surface area contributed by atoms with E-state index in [0.29, 0.717) is 5.75 Å². The molecule has 0 saturated carbocycles. The number of rotatable bonds is 6. The first-order valence-corrected chi connectivity index (χ1v) is 7.11. The third kappa shape index (κ3) is 5.10. The standard InChI is InChI=1S/C14H21NO2S/c1-10(2)13(8-16)15-14(17)9-18-12-6-4-11(3)5-7-12/h4-7,10,13,16H,8-9H2,1-3H3,(H,15,17)/t13-/m1/s1. The van der Waals surface area contributed by atoms with Crippen LogP contribution in [0.25, 0.3) is 0 Å². The molecule has 4 heteroatoms. The molecule has 0 heterocycles. The van der Waals surface area contributed by atoms with E-state index in [4.69, 9.17) is 5.11 Å². The molecule has 2 N–H and O–H groups in total. The van der Waals surface area contributed by atoms with Crippen molar-refractivity contribution in [1.29, 1.82) is 0 Å². The second-order valence-electron chi connectivity index (χ2n) is 4.70. The summed E-state index contributed by atoms with van der Waals surface area (Å²) in [5.41, 5.74) is 1.21. The Morgan fingerprint density at radius 1 is 1.33 bits per heavy atom. The first kappa shape index (κ1) is 15.1. The molecule has 1 atom stereocenters. The zero-order valence-corrected chi connectivity index (χ0v) is 12.0. The Morgan fingerprint density at radius 3 is 2.44 bits per heavy atom. The van der Waals surface area contributed by atoms with Gasteiger partial charge in [0.05, 0.1) is 18.4 Å². The summed E-state index contributed by atoms with van der Waals surface area (Å²) in [6.07, 6.45) is 0. The number of carbonyl (C=O) groups is 1. The van der Waals surface area contributed by atoms with Crippen molar-refractivity contribution in [3.05, 3.63) is 29.8 Å². The number of thioether (sulfide) groups is 1. The van der Waals surface area contributed by atoms with Crippen LogP contribution < -0.4 is 5.32 Å². The van der Waals surface area contributed by atoms with Crippen molar-refractivity contribution >= 4 is 17.7 Å². The Hall–Kier alpha value is -1.00. The predicted molar refractivity (Wildman–Crippen MR) is 75.8 cm³/mol. The zero-order chi connectivity index (χ0) is 13.5. The normalized spacial score (nSPS) is 12.5. The summed E-state index contributed by atoms with van der Waals surface area (Å²) in [5, 5.41) is 12.0. The molecule has 1 rings (SSSR count). The van der Waals surface area contributed by atoms with Gasteiger partial charge in [-0.1, -0.05) is 31.5 Å². The number of hydrogen-bond donors (Lipinski definition) is 2. The minimum atomic E-state index is -0.156. The molecule has 18 heavy (non-hydrogen) atoms. The zero-order valence-electron chi connectivity index (χ0n) is 11.1. The van der Waals surface area contributed by atoms with Crippen LogP contribution in [0.4, 0.5) is 0 Å². The number of amides is 1. The molecule has 0 aliphatic heterocycles. The van der Waals surface area contributed by atoms with Gasteiger partial charge in [-0.25, -0.2) is 0 Å². The van der Waals surface area contributed by atoms with Gasteiger partial charge in [-0.3, -0.25) is 4.79 Å². The Balaban J connectivity index is 2.39. The number of benzene rings is 1. The molecule has 0 aliphatic carbocycles. The van der Waals surface area contributed by atoms with Crippen LogP contribution in [0.5, 0.6) is 0 Å². The monoisotopic (exact) mass is 267 g/mol. The van der Waals surface area contributed by atoms with Crippen LogP contribution in [0.1, 0.15) is 19.4 Å². The molecule has 0 aromatic heterocycles. The summed E-state index contributed by atoms with van der Waals surface area (Å²) in [7, 11) is 0. The van der Waals surface area contributed by atoms with E-state index in [1.807, 2.05) is 45.0 Å². The van der Waals surface area contributed by atoms with Gasteiger partial charge >= 0.3 is 0 Å². The van der Waals surface area contributed by atoms with E-state index >= 15 is 0 Å². The lowest BCUT2D eigenvalue weighted by atomic mass is 10.1. The Labute approximate surface area is 113 Å². The van der Waals surface area contributed by atoms with E-state index in [-0.39, 0.29) is 24.5 Å². The van der Waals surface area contributed by atoms with E-state index in [1.54, 1.807) is 0 Å². The fourth-order valence-corrected chi connectivity index (χ4v) is 2.16. The second-order valence-corrected chi connectivity index (χ2v) is 5.75. The van der Waals surface area contributed by atoms with Gasteiger partial charge in [-0.15, -0.1) is 11.8 Å². The molecule has 0 saturated heterocycles. The van der Waals surface area contributed by atoms with Crippen LogP contribution >= 0.6 is 11.8 Å². The van der Waals surface area contributed by atoms with Crippen molar-refractivity contribution in [3.8, 4) is 0 Å². The van der Waals surface area contributed by atoms with Crippen LogP contribution in [-0.2, 0) is 4.79 Å². The van der Waals surface area contributed by atoms with Gasteiger partial charge in [-0.2, -0.15) is 0 Å². The van der Waals surface area contributed by atoms with Crippen LogP contribution in [0.2, 0.25) is 0 Å². The average molecular weight is 267 g/mol. The van der Waals surface area contributed by atoms with Crippen molar-refractivity contribution < 1.29 is 9.90 Å². The number of aryl methyl sites for hydroxylation is 1. The van der Waals surface area contributed by atoms with E-state index in [0.717, 1.165) is 4.90 Å². The third-order valence-corrected chi connectivity index (χ3v) is 3.75. The maximum atomic E-state index is 11.7. The first-order chi connectivity index (χ1) is 8.52. The molecule has 1 aromatic carbocycles. The van der Waals surface area contributed by atoms with Gasteiger partial charge in [0.2, 0.25) is 5.91 Å². The highest BCUT2D eigenvalue weighted by atomic mass is 32.2. The lowest BCUT2D eigenvalue weighted by Gasteiger charge is -2.19. The van der Waals surface area contributed by atoms with E-state index in [2.05, 4.69) is 5.32 Å². The molecule has 0 unspecified atom stereocenters. The molecular formula is C14H21NO2S. The number of aliphatic hydroxyl groups is 1. The Bertz CT molecular complexity index is 376. The number of aliphatic hydroxyl groups excluding tert-OH is 1. The Kier molecular flexibility index (Phi) is 6.22. The fraction of sp³-hybridized carbons (Fsp3) is 0.500. The molecule has 0 spiro atoms. The fourth-order valence-electron chi connectivity index (χ4n) is 1.45. The van der Waals surface area contributed by atoms with Crippen molar-refractivity contribution in [2.24, 2.45) is 5.92 Å². The molecule has 0 aliphatic rings. The topological polar surface area (TPSA) is 49.3 Å². The van der Waals surface area contributed by atoms with E-state index < -0.39 is 0 Å². The van der Waals surface area contributed by atoms with Gasteiger partial charge in [-0.05, 0) is 25.0 Å². The summed E-state index contributed by atoms with van der Waals surface area (Å²) >= 11 is 1.51. The molecule has 1 aromatic rings. The third-order valence-electron chi connectivity index (χ3n) is 2.74. The highest BCUT2D eigenvalue weighted by Crippen LogP contribution is 2.17. The molecule has 0 bridgehead atoms. The summed E-state index contributed by atoms with van der Waals surface area (Å²) in [6.45, 7) is 5.98. The summed E-state index contributed by atoms with van der Waals surface area (Å²) in [5.74, 6) is 0.586. The quantitative estimate of drug-likeness (QED) is 0.777. The largest absolute Gasteiger partial charge is 0.394 e. The number of hydrogen-bond acceptors (Lipinski definition) is 3. The summed E-state index contributed by atoms with van der Waals surface area (Å²) in [6, 6.07) is 7.94. The van der Waals surface area contributed by atoms with Gasteiger partial charge in [0, 0.05) is 4.90 Å². The Morgan fingerprint density at radius 2 is 1.94 bits per heavy atom. The smallest absolute Gasteiger partial charge is 0.230 e. The van der Waals surface area contributed by atoms with Crippen molar-refractivity contribution in [2.45, 2.75) is 31.7 Å². The lowest BCUT2D eigenvalue weighted by Crippen LogP contribution is -2.41. The summed E-state index contributed by atoms with van der Waals surface area (Å²) < 4.78 is 0. The second kappa shape index (κ2) is 7.44. The molecule has 0 fully saturated rings. The van der Waals surface area contributed by atoms with Gasteiger partial charge in [0.1, 0.15) is 0 Å². The maximum Gasteiger partial charge on any atom is 0.230 e. The van der Waals surface area contributed by atoms with Crippen LogP contribution in [0.15, 0.2) is 29.2 Å². The first-order valence-electron chi connectivity index (χ1n) is 6.12.